The van der Waals surface area contributed by atoms with Crippen LogP contribution in [-0.4, -0.2) is 16.6 Å². The Morgan fingerprint density at radius 2 is 2.08 bits per heavy atom. The lowest BCUT2D eigenvalue weighted by Crippen LogP contribution is -2.00. The summed E-state index contributed by atoms with van der Waals surface area (Å²) in [5.41, 5.74) is 0. The predicted molar refractivity (Wildman–Crippen MR) is 45.0 cm³/mol. The molecule has 12 heavy (non-hydrogen) atoms. The average Bonchev–Trinajstić information content (AvgIpc) is 2.87. The van der Waals surface area contributed by atoms with Crippen molar-refractivity contribution in [2.24, 2.45) is 5.92 Å². The number of aryl methyl sites for hydroxylation is 1. The minimum absolute atomic E-state index is 0.784. The highest BCUT2D eigenvalue weighted by Crippen LogP contribution is 2.29. The van der Waals surface area contributed by atoms with E-state index in [2.05, 4.69) is 9.97 Å². The molecule has 0 saturated heterocycles. The lowest BCUT2D eigenvalue weighted by atomic mass is 10.4. The molecule has 0 radical (unpaired) electrons. The lowest BCUT2D eigenvalue weighted by Gasteiger charge is -2.02. The van der Waals surface area contributed by atoms with E-state index in [0.29, 0.717) is 0 Å². The summed E-state index contributed by atoms with van der Waals surface area (Å²) < 4.78 is 5.46. The standard InChI is InChI=1S/C9H12N2O/c1-7-10-4-9(5-11-7)12-6-8-2-3-8/h4-5,8H,2-3,6H2,1H3. The van der Waals surface area contributed by atoms with Gasteiger partial charge in [0.25, 0.3) is 0 Å². The third-order valence-corrected chi connectivity index (χ3v) is 1.94. The first-order valence-corrected chi connectivity index (χ1v) is 4.26. The van der Waals surface area contributed by atoms with Gasteiger partial charge in [-0.25, -0.2) is 9.97 Å². The summed E-state index contributed by atoms with van der Waals surface area (Å²) in [4.78, 5) is 8.08. The van der Waals surface area contributed by atoms with Crippen LogP contribution in [0.3, 0.4) is 0 Å². The van der Waals surface area contributed by atoms with E-state index in [4.69, 9.17) is 4.74 Å². The molecule has 0 bridgehead atoms. The molecule has 3 nitrogen and oxygen atoms in total. The van der Waals surface area contributed by atoms with Crippen molar-refractivity contribution in [1.29, 1.82) is 0 Å². The van der Waals surface area contributed by atoms with Gasteiger partial charge in [-0.15, -0.1) is 0 Å². The van der Waals surface area contributed by atoms with E-state index in [1.54, 1.807) is 12.4 Å². The van der Waals surface area contributed by atoms with Crippen LogP contribution in [0.15, 0.2) is 12.4 Å². The van der Waals surface area contributed by atoms with Gasteiger partial charge in [-0.05, 0) is 25.7 Å². The fourth-order valence-corrected chi connectivity index (χ4v) is 0.954. The fourth-order valence-electron chi connectivity index (χ4n) is 0.954. The minimum atomic E-state index is 0.784. The first-order chi connectivity index (χ1) is 5.84. The molecule has 0 N–H and O–H groups in total. The summed E-state index contributed by atoms with van der Waals surface area (Å²) in [6, 6.07) is 0. The topological polar surface area (TPSA) is 35.0 Å². The monoisotopic (exact) mass is 164 g/mol. The Kier molecular flexibility index (Phi) is 1.94. The number of hydrogen-bond acceptors (Lipinski definition) is 3. The van der Waals surface area contributed by atoms with Crippen molar-refractivity contribution in [3.05, 3.63) is 18.2 Å². The number of hydrogen-bond donors (Lipinski definition) is 0. The van der Waals surface area contributed by atoms with Crippen LogP contribution in [0, 0.1) is 12.8 Å². The molecule has 2 rings (SSSR count). The highest BCUT2D eigenvalue weighted by Gasteiger charge is 2.21. The van der Waals surface area contributed by atoms with E-state index in [1.165, 1.54) is 12.8 Å². The van der Waals surface area contributed by atoms with Gasteiger partial charge in [-0.3, -0.25) is 0 Å². The van der Waals surface area contributed by atoms with E-state index in [1.807, 2.05) is 6.92 Å². The van der Waals surface area contributed by atoms with Crippen LogP contribution in [0.4, 0.5) is 0 Å². The van der Waals surface area contributed by atoms with E-state index in [0.717, 1.165) is 24.1 Å². The van der Waals surface area contributed by atoms with Crippen molar-refractivity contribution < 1.29 is 4.74 Å². The number of nitrogens with zero attached hydrogens (tertiary/aromatic N) is 2. The highest BCUT2D eigenvalue weighted by molar-refractivity contribution is 5.11. The molecule has 1 aliphatic carbocycles. The zero-order valence-corrected chi connectivity index (χ0v) is 7.16. The first-order valence-electron chi connectivity index (χ1n) is 4.26. The molecule has 1 aromatic heterocycles. The molecular formula is C9H12N2O. The van der Waals surface area contributed by atoms with Gasteiger partial charge in [0.1, 0.15) is 5.82 Å². The van der Waals surface area contributed by atoms with Gasteiger partial charge in [0.05, 0.1) is 19.0 Å². The van der Waals surface area contributed by atoms with Crippen molar-refractivity contribution in [2.45, 2.75) is 19.8 Å². The molecule has 0 aromatic carbocycles. The summed E-state index contributed by atoms with van der Waals surface area (Å²) in [6.07, 6.45) is 6.08. The smallest absolute Gasteiger partial charge is 0.155 e. The van der Waals surface area contributed by atoms with Crippen LogP contribution in [0.5, 0.6) is 5.75 Å². The number of ether oxygens (including phenoxy) is 1. The molecule has 3 heteroatoms. The maximum atomic E-state index is 5.46. The maximum absolute atomic E-state index is 5.46. The van der Waals surface area contributed by atoms with E-state index >= 15 is 0 Å². The second-order valence-electron chi connectivity index (χ2n) is 3.22. The third-order valence-electron chi connectivity index (χ3n) is 1.94. The second-order valence-corrected chi connectivity index (χ2v) is 3.22. The normalized spacial score (nSPS) is 16.1. The average molecular weight is 164 g/mol. The SMILES string of the molecule is Cc1ncc(OCC2CC2)cn1. The molecular weight excluding hydrogens is 152 g/mol. The number of rotatable bonds is 3. The molecule has 1 aromatic rings. The Balaban J connectivity index is 1.89. The van der Waals surface area contributed by atoms with Crippen LogP contribution in [0.25, 0.3) is 0 Å². The maximum Gasteiger partial charge on any atom is 0.155 e. The van der Waals surface area contributed by atoms with E-state index < -0.39 is 0 Å². The Morgan fingerprint density at radius 1 is 1.42 bits per heavy atom. The van der Waals surface area contributed by atoms with Gasteiger partial charge >= 0.3 is 0 Å². The molecule has 1 saturated carbocycles. The van der Waals surface area contributed by atoms with Crippen molar-refractivity contribution in [3.8, 4) is 5.75 Å². The zero-order valence-electron chi connectivity index (χ0n) is 7.16. The Morgan fingerprint density at radius 3 is 2.67 bits per heavy atom. The fraction of sp³-hybridized carbons (Fsp3) is 0.556. The van der Waals surface area contributed by atoms with Crippen LogP contribution in [0.1, 0.15) is 18.7 Å². The summed E-state index contributed by atoms with van der Waals surface area (Å²) >= 11 is 0. The Labute approximate surface area is 71.8 Å². The molecule has 0 spiro atoms. The Hall–Kier alpha value is -1.12. The molecule has 0 aliphatic heterocycles. The van der Waals surface area contributed by atoms with Crippen molar-refractivity contribution in [1.82, 2.24) is 9.97 Å². The van der Waals surface area contributed by atoms with Gasteiger partial charge in [-0.2, -0.15) is 0 Å². The lowest BCUT2D eigenvalue weighted by molar-refractivity contribution is 0.297. The van der Waals surface area contributed by atoms with Gasteiger partial charge < -0.3 is 4.74 Å². The first kappa shape index (κ1) is 7.53. The quantitative estimate of drug-likeness (QED) is 0.680. The van der Waals surface area contributed by atoms with Crippen LogP contribution >= 0.6 is 0 Å². The molecule has 1 aliphatic rings. The summed E-state index contributed by atoms with van der Waals surface area (Å²) in [7, 11) is 0. The molecule has 1 heterocycles. The van der Waals surface area contributed by atoms with E-state index in [-0.39, 0.29) is 0 Å². The van der Waals surface area contributed by atoms with E-state index in [9.17, 15) is 0 Å². The second kappa shape index (κ2) is 3.09. The summed E-state index contributed by atoms with van der Waals surface area (Å²) in [6.45, 7) is 2.69. The highest BCUT2D eigenvalue weighted by atomic mass is 16.5. The molecule has 0 unspecified atom stereocenters. The van der Waals surface area contributed by atoms with Crippen LogP contribution < -0.4 is 4.74 Å². The minimum Gasteiger partial charge on any atom is -0.490 e. The third kappa shape index (κ3) is 1.94. The summed E-state index contributed by atoms with van der Waals surface area (Å²) in [5.74, 6) is 2.35. The van der Waals surface area contributed by atoms with Crippen LogP contribution in [0.2, 0.25) is 0 Å². The Bertz CT molecular complexity index is 254. The predicted octanol–water partition coefficient (Wildman–Crippen LogP) is 1.57. The molecule has 0 atom stereocenters. The van der Waals surface area contributed by atoms with Gasteiger partial charge in [0.15, 0.2) is 5.75 Å². The van der Waals surface area contributed by atoms with Gasteiger partial charge in [0.2, 0.25) is 0 Å². The van der Waals surface area contributed by atoms with Gasteiger partial charge in [0, 0.05) is 0 Å². The van der Waals surface area contributed by atoms with Crippen molar-refractivity contribution in [2.75, 3.05) is 6.61 Å². The molecule has 64 valence electrons. The largest absolute Gasteiger partial charge is 0.490 e. The number of aromatic nitrogens is 2. The summed E-state index contributed by atoms with van der Waals surface area (Å²) in [5, 5.41) is 0. The molecule has 1 fully saturated rings. The molecule has 0 amide bonds. The zero-order chi connectivity index (χ0) is 8.39. The van der Waals surface area contributed by atoms with Gasteiger partial charge in [-0.1, -0.05) is 0 Å². The van der Waals surface area contributed by atoms with Crippen molar-refractivity contribution >= 4 is 0 Å². The van der Waals surface area contributed by atoms with Crippen LogP contribution in [-0.2, 0) is 0 Å². The van der Waals surface area contributed by atoms with Crippen molar-refractivity contribution in [3.63, 3.8) is 0 Å².